The molecule has 2 N–H and O–H groups in total. The fraction of sp³-hybridized carbons (Fsp3) is 0.111. The first kappa shape index (κ1) is 22.2. The van der Waals surface area contributed by atoms with Crippen molar-refractivity contribution in [3.8, 4) is 22.8 Å². The van der Waals surface area contributed by atoms with Crippen molar-refractivity contribution >= 4 is 27.6 Å². The Morgan fingerprint density at radius 3 is 2.60 bits per heavy atom. The molecule has 0 atom stereocenters. The Balaban J connectivity index is 1.62. The number of nitrogens with one attached hydrogen (secondary N) is 2. The number of likely N-dealkylation sites (N-methyl/N-ethyl adjacent to an activating group) is 1. The van der Waals surface area contributed by atoms with Crippen LogP contribution < -0.4 is 0 Å². The first-order chi connectivity index (χ1) is 17.0. The van der Waals surface area contributed by atoms with Crippen LogP contribution in [-0.4, -0.2) is 49.1 Å². The minimum atomic E-state index is -0.324. The summed E-state index contributed by atoms with van der Waals surface area (Å²) < 4.78 is 13.8. The molecule has 0 fully saturated rings. The monoisotopic (exact) mass is 465 g/mol. The summed E-state index contributed by atoms with van der Waals surface area (Å²) in [5.41, 5.74) is 7.50. The van der Waals surface area contributed by atoms with Gasteiger partial charge in [-0.1, -0.05) is 24.8 Å². The highest BCUT2D eigenvalue weighted by Gasteiger charge is 2.17. The number of nitrogens with zero attached hydrogens (tertiary/aromatic N) is 5. The number of hydrogen-bond acceptors (Lipinski definition) is 5. The zero-order chi connectivity index (χ0) is 24.5. The Bertz CT molecular complexity index is 1620. The second-order valence-electron chi connectivity index (χ2n) is 8.23. The molecule has 7 nitrogen and oxygen atoms in total. The van der Waals surface area contributed by atoms with Crippen LogP contribution in [0.2, 0.25) is 0 Å². The van der Waals surface area contributed by atoms with E-state index in [4.69, 9.17) is 9.97 Å². The third kappa shape index (κ3) is 4.10. The number of imidazole rings is 1. The van der Waals surface area contributed by atoms with E-state index in [-0.39, 0.29) is 5.82 Å². The van der Waals surface area contributed by atoms with E-state index in [1.807, 2.05) is 68.4 Å². The molecule has 0 radical (unpaired) electrons. The number of allylic oxidation sites excluding steroid dienone is 4. The van der Waals surface area contributed by atoms with Crippen LogP contribution in [0.4, 0.5) is 4.39 Å². The molecule has 0 aliphatic rings. The standard InChI is InChI=1S/C27H24FN7/c1-5-16(15-19(6-2)35(3)4)20-10-11-22-25(30-20)26(34-33-22)27-31-21-12-13-29-23(24(21)32-27)17-8-7-9-18(28)14-17/h5-15H,2H2,1,3-4H3,(H,31,32)(H,33,34)/b16-5+,19-15+. The van der Waals surface area contributed by atoms with Crippen molar-refractivity contribution in [2.75, 3.05) is 14.1 Å². The maximum Gasteiger partial charge on any atom is 0.161 e. The lowest BCUT2D eigenvalue weighted by Crippen LogP contribution is -2.09. The number of fused-ring (bicyclic) bond motifs is 2. The highest BCUT2D eigenvalue weighted by molar-refractivity contribution is 5.95. The molecule has 0 aliphatic carbocycles. The minimum absolute atomic E-state index is 0.324. The van der Waals surface area contributed by atoms with Crippen molar-refractivity contribution in [1.82, 2.24) is 35.0 Å². The smallest absolute Gasteiger partial charge is 0.161 e. The highest BCUT2D eigenvalue weighted by atomic mass is 19.1. The fourth-order valence-corrected chi connectivity index (χ4v) is 3.95. The third-order valence-corrected chi connectivity index (χ3v) is 5.77. The maximum atomic E-state index is 13.8. The van der Waals surface area contributed by atoms with Gasteiger partial charge in [-0.2, -0.15) is 5.10 Å². The van der Waals surface area contributed by atoms with Gasteiger partial charge in [-0.05, 0) is 55.0 Å². The number of H-pyrrole nitrogens is 2. The van der Waals surface area contributed by atoms with Crippen molar-refractivity contribution in [3.63, 3.8) is 0 Å². The normalized spacial score (nSPS) is 12.5. The van der Waals surface area contributed by atoms with Crippen LogP contribution in [0.25, 0.3) is 50.4 Å². The summed E-state index contributed by atoms with van der Waals surface area (Å²) in [5.74, 6) is 0.231. The summed E-state index contributed by atoms with van der Waals surface area (Å²) in [4.78, 5) is 19.5. The minimum Gasteiger partial charge on any atom is -0.378 e. The first-order valence-corrected chi connectivity index (χ1v) is 11.1. The molecular weight excluding hydrogens is 441 g/mol. The molecule has 174 valence electrons. The van der Waals surface area contributed by atoms with Gasteiger partial charge in [0.05, 0.1) is 22.4 Å². The van der Waals surface area contributed by atoms with Crippen molar-refractivity contribution < 1.29 is 4.39 Å². The predicted molar refractivity (Wildman–Crippen MR) is 138 cm³/mol. The van der Waals surface area contributed by atoms with Gasteiger partial charge in [0.2, 0.25) is 0 Å². The Morgan fingerprint density at radius 1 is 1.03 bits per heavy atom. The van der Waals surface area contributed by atoms with Crippen LogP contribution >= 0.6 is 0 Å². The van der Waals surface area contributed by atoms with Crippen LogP contribution in [0.1, 0.15) is 12.6 Å². The highest BCUT2D eigenvalue weighted by Crippen LogP contribution is 2.30. The van der Waals surface area contributed by atoms with Crippen LogP contribution in [0.5, 0.6) is 0 Å². The van der Waals surface area contributed by atoms with E-state index in [1.54, 1.807) is 12.3 Å². The van der Waals surface area contributed by atoms with Gasteiger partial charge in [0, 0.05) is 31.6 Å². The SMILES string of the molecule is C=C/C(=C\C(=C/C)c1ccc2[nH]nc(-c3nc4c(-c5cccc(F)c5)nccc4[nH]3)c2n1)N(C)C. The van der Waals surface area contributed by atoms with E-state index in [0.29, 0.717) is 33.8 Å². The van der Waals surface area contributed by atoms with Gasteiger partial charge < -0.3 is 9.88 Å². The lowest BCUT2D eigenvalue weighted by Gasteiger charge is -2.14. The number of aromatic amines is 2. The quantitative estimate of drug-likeness (QED) is 0.313. The van der Waals surface area contributed by atoms with Gasteiger partial charge in [0.25, 0.3) is 0 Å². The molecule has 0 bridgehead atoms. The fourth-order valence-electron chi connectivity index (χ4n) is 3.95. The van der Waals surface area contributed by atoms with Gasteiger partial charge in [0.15, 0.2) is 11.5 Å². The van der Waals surface area contributed by atoms with Crippen LogP contribution in [0.3, 0.4) is 0 Å². The molecule has 0 spiro atoms. The van der Waals surface area contributed by atoms with Crippen LogP contribution in [-0.2, 0) is 0 Å². The molecule has 0 saturated heterocycles. The lowest BCUT2D eigenvalue weighted by atomic mass is 10.1. The topological polar surface area (TPSA) is 86.4 Å². The van der Waals surface area contributed by atoms with E-state index in [0.717, 1.165) is 28.0 Å². The Hall–Kier alpha value is -4.59. The molecule has 35 heavy (non-hydrogen) atoms. The van der Waals surface area contributed by atoms with E-state index in [9.17, 15) is 4.39 Å². The van der Waals surface area contributed by atoms with Gasteiger partial charge in [-0.25, -0.2) is 14.4 Å². The summed E-state index contributed by atoms with van der Waals surface area (Å²) in [5, 5.41) is 7.53. The second kappa shape index (κ2) is 8.98. The zero-order valence-electron chi connectivity index (χ0n) is 19.7. The van der Waals surface area contributed by atoms with E-state index in [1.165, 1.54) is 12.1 Å². The number of hydrogen-bond donors (Lipinski definition) is 2. The summed E-state index contributed by atoms with van der Waals surface area (Å²) in [6.07, 6.45) is 7.54. The number of aromatic nitrogens is 6. The second-order valence-corrected chi connectivity index (χ2v) is 8.23. The van der Waals surface area contributed by atoms with Gasteiger partial charge in [-0.15, -0.1) is 0 Å². The molecule has 8 heteroatoms. The average Bonchev–Trinajstić information content (AvgIpc) is 3.48. The van der Waals surface area contributed by atoms with Gasteiger partial charge in [0.1, 0.15) is 16.9 Å². The van der Waals surface area contributed by atoms with E-state index < -0.39 is 0 Å². The van der Waals surface area contributed by atoms with Crippen molar-refractivity contribution in [2.24, 2.45) is 0 Å². The Morgan fingerprint density at radius 2 is 1.86 bits per heavy atom. The largest absolute Gasteiger partial charge is 0.378 e. The molecule has 0 saturated carbocycles. The molecular formula is C27H24FN7. The predicted octanol–water partition coefficient (Wildman–Crippen LogP) is 5.74. The Labute approximate surface area is 201 Å². The van der Waals surface area contributed by atoms with Crippen molar-refractivity contribution in [1.29, 1.82) is 0 Å². The molecule has 1 aromatic carbocycles. The van der Waals surface area contributed by atoms with Gasteiger partial charge in [-0.3, -0.25) is 10.1 Å². The van der Waals surface area contributed by atoms with Crippen molar-refractivity contribution in [3.05, 3.63) is 90.7 Å². The number of pyridine rings is 2. The molecule has 5 rings (SSSR count). The maximum absolute atomic E-state index is 13.8. The molecule has 0 unspecified atom stereocenters. The first-order valence-electron chi connectivity index (χ1n) is 11.1. The molecule has 4 heterocycles. The van der Waals surface area contributed by atoms with Crippen LogP contribution in [0, 0.1) is 5.82 Å². The third-order valence-electron chi connectivity index (χ3n) is 5.77. The Kier molecular flexibility index (Phi) is 5.70. The zero-order valence-corrected chi connectivity index (χ0v) is 19.7. The summed E-state index contributed by atoms with van der Waals surface area (Å²) in [7, 11) is 3.94. The van der Waals surface area contributed by atoms with Crippen LogP contribution in [0.15, 0.2) is 79.2 Å². The number of benzene rings is 1. The van der Waals surface area contributed by atoms with Gasteiger partial charge >= 0.3 is 0 Å². The van der Waals surface area contributed by atoms with E-state index in [2.05, 4.69) is 26.7 Å². The van der Waals surface area contributed by atoms with Crippen molar-refractivity contribution in [2.45, 2.75) is 6.92 Å². The van der Waals surface area contributed by atoms with E-state index >= 15 is 0 Å². The lowest BCUT2D eigenvalue weighted by molar-refractivity contribution is 0.530. The molecule has 4 aromatic heterocycles. The molecule has 0 amide bonds. The number of halogens is 1. The summed E-state index contributed by atoms with van der Waals surface area (Å²) >= 11 is 0. The summed E-state index contributed by atoms with van der Waals surface area (Å²) in [6, 6.07) is 12.1. The molecule has 0 aliphatic heterocycles. The molecule has 5 aromatic rings. The average molecular weight is 466 g/mol. The summed E-state index contributed by atoms with van der Waals surface area (Å²) in [6.45, 7) is 5.88. The number of rotatable bonds is 6.